The molecule has 162 valence electrons. The summed E-state index contributed by atoms with van der Waals surface area (Å²) in [5, 5.41) is 0. The van der Waals surface area contributed by atoms with Gasteiger partial charge in [-0.15, -0.1) is 0 Å². The van der Waals surface area contributed by atoms with Crippen molar-refractivity contribution in [2.45, 2.75) is 90.5 Å². The minimum Gasteiger partial charge on any atom is -0.346 e. The van der Waals surface area contributed by atoms with E-state index in [1.165, 1.54) is 19.3 Å². The van der Waals surface area contributed by atoms with Gasteiger partial charge in [0.1, 0.15) is 0 Å². The Hall–Kier alpha value is -1.07. The molecule has 0 aliphatic heterocycles. The highest BCUT2D eigenvalue weighted by Gasteiger charge is 2.43. The summed E-state index contributed by atoms with van der Waals surface area (Å²) in [7, 11) is 0. The Bertz CT molecular complexity index is 496. The van der Waals surface area contributed by atoms with Gasteiger partial charge < -0.3 is 9.47 Å². The van der Waals surface area contributed by atoms with Gasteiger partial charge in [-0.1, -0.05) is 75.8 Å². The molecule has 1 unspecified atom stereocenters. The molecular formula is C23H37F3O2. The van der Waals surface area contributed by atoms with Gasteiger partial charge in [0, 0.05) is 31.1 Å². The Labute approximate surface area is 168 Å². The first-order valence-corrected chi connectivity index (χ1v) is 10.8. The van der Waals surface area contributed by atoms with Crippen LogP contribution in [0.1, 0.15) is 84.1 Å². The average molecular weight is 403 g/mol. The van der Waals surface area contributed by atoms with Gasteiger partial charge in [-0.2, -0.15) is 13.2 Å². The van der Waals surface area contributed by atoms with Crippen molar-refractivity contribution in [3.8, 4) is 0 Å². The molecule has 1 aromatic carbocycles. The van der Waals surface area contributed by atoms with Crippen molar-refractivity contribution in [1.29, 1.82) is 0 Å². The predicted octanol–water partition coefficient (Wildman–Crippen LogP) is 7.62. The summed E-state index contributed by atoms with van der Waals surface area (Å²) in [5.74, 6) is -1.47. The summed E-state index contributed by atoms with van der Waals surface area (Å²) in [5.41, 5.74) is 0.803. The zero-order valence-electron chi connectivity index (χ0n) is 17.7. The Morgan fingerprint density at radius 1 is 0.786 bits per heavy atom. The minimum atomic E-state index is -4.18. The van der Waals surface area contributed by atoms with Crippen LogP contribution in [0.25, 0.3) is 0 Å². The Balaban J connectivity index is 3.03. The highest BCUT2D eigenvalue weighted by atomic mass is 19.4. The third-order valence-corrected chi connectivity index (χ3v) is 5.11. The van der Waals surface area contributed by atoms with E-state index in [0.29, 0.717) is 19.6 Å². The minimum absolute atomic E-state index is 0.00730. The summed E-state index contributed by atoms with van der Waals surface area (Å²) in [6, 6.07) is 9.45. The molecule has 0 saturated carbocycles. The van der Waals surface area contributed by atoms with Gasteiger partial charge in [-0.25, -0.2) is 0 Å². The fraction of sp³-hybridized carbons (Fsp3) is 0.739. The number of rotatable bonds is 15. The van der Waals surface area contributed by atoms with E-state index in [9.17, 15) is 13.2 Å². The van der Waals surface area contributed by atoms with Gasteiger partial charge in [0.05, 0.1) is 0 Å². The lowest BCUT2D eigenvalue weighted by Crippen LogP contribution is -2.42. The molecule has 0 aliphatic rings. The molecule has 0 radical (unpaired) electrons. The molecule has 5 heteroatoms. The third-order valence-electron chi connectivity index (χ3n) is 5.11. The molecule has 0 saturated heterocycles. The molecule has 0 heterocycles. The maximum atomic E-state index is 13.0. The number of hydrogen-bond acceptors (Lipinski definition) is 2. The van der Waals surface area contributed by atoms with E-state index in [2.05, 4.69) is 6.92 Å². The third kappa shape index (κ3) is 8.52. The highest BCUT2D eigenvalue weighted by molar-refractivity contribution is 5.21. The first-order chi connectivity index (χ1) is 13.4. The van der Waals surface area contributed by atoms with E-state index in [0.717, 1.165) is 24.8 Å². The van der Waals surface area contributed by atoms with Crippen molar-refractivity contribution in [3.63, 3.8) is 0 Å². The van der Waals surface area contributed by atoms with Gasteiger partial charge in [0.2, 0.25) is 0 Å². The van der Waals surface area contributed by atoms with Crippen molar-refractivity contribution >= 4 is 0 Å². The molecular weight excluding hydrogens is 365 g/mol. The SMILES string of the molecule is CCCCCCCCC(CCC(F)(F)F)C(OCC)(OCC)c1ccccc1. The molecule has 1 rings (SSSR count). The number of hydrogen-bond donors (Lipinski definition) is 0. The summed E-state index contributed by atoms with van der Waals surface area (Å²) in [6.45, 7) is 6.66. The van der Waals surface area contributed by atoms with Crippen LogP contribution in [0.15, 0.2) is 30.3 Å². The van der Waals surface area contributed by atoms with E-state index < -0.39 is 18.4 Å². The van der Waals surface area contributed by atoms with Gasteiger partial charge in [-0.3, -0.25) is 0 Å². The highest BCUT2D eigenvalue weighted by Crippen LogP contribution is 2.42. The smallest absolute Gasteiger partial charge is 0.346 e. The fourth-order valence-corrected chi connectivity index (χ4v) is 3.81. The average Bonchev–Trinajstić information content (AvgIpc) is 2.66. The number of benzene rings is 1. The van der Waals surface area contributed by atoms with Crippen molar-refractivity contribution in [1.82, 2.24) is 0 Å². The largest absolute Gasteiger partial charge is 0.389 e. The summed E-state index contributed by atoms with van der Waals surface area (Å²) in [4.78, 5) is 0. The predicted molar refractivity (Wildman–Crippen MR) is 108 cm³/mol. The Morgan fingerprint density at radius 3 is 1.89 bits per heavy atom. The Kier molecular flexibility index (Phi) is 11.8. The normalized spacial score (nSPS) is 13.6. The van der Waals surface area contributed by atoms with Gasteiger partial charge in [0.15, 0.2) is 5.79 Å². The molecule has 28 heavy (non-hydrogen) atoms. The molecule has 0 fully saturated rings. The number of ether oxygens (including phenoxy) is 2. The lowest BCUT2D eigenvalue weighted by molar-refractivity contribution is -0.280. The van der Waals surface area contributed by atoms with Crippen molar-refractivity contribution in [2.75, 3.05) is 13.2 Å². The Morgan fingerprint density at radius 2 is 1.36 bits per heavy atom. The summed E-state index contributed by atoms with van der Waals surface area (Å²) >= 11 is 0. The molecule has 0 aliphatic carbocycles. The number of halogens is 3. The standard InChI is InChI=1S/C23H37F3O2/c1-4-7-8-9-10-12-17-21(18-19-22(24,25)26)23(27-5-2,28-6-3)20-15-13-11-14-16-20/h11,13-16,21H,4-10,12,17-19H2,1-3H3. The molecule has 0 aromatic heterocycles. The summed E-state index contributed by atoms with van der Waals surface area (Å²) < 4.78 is 51.3. The van der Waals surface area contributed by atoms with Crippen LogP contribution in [0.3, 0.4) is 0 Å². The second-order valence-corrected chi connectivity index (χ2v) is 7.31. The van der Waals surface area contributed by atoms with Crippen molar-refractivity contribution in [2.24, 2.45) is 5.92 Å². The van der Waals surface area contributed by atoms with Crippen molar-refractivity contribution < 1.29 is 22.6 Å². The first kappa shape index (κ1) is 25.0. The molecule has 0 N–H and O–H groups in total. The zero-order chi connectivity index (χ0) is 20.9. The molecule has 0 spiro atoms. The zero-order valence-corrected chi connectivity index (χ0v) is 17.7. The lowest BCUT2D eigenvalue weighted by Gasteiger charge is -2.41. The van der Waals surface area contributed by atoms with Crippen LogP contribution in [0.4, 0.5) is 13.2 Å². The number of unbranched alkanes of at least 4 members (excludes halogenated alkanes) is 5. The lowest BCUT2D eigenvalue weighted by atomic mass is 9.83. The monoisotopic (exact) mass is 402 g/mol. The summed E-state index contributed by atoms with van der Waals surface area (Å²) in [6.07, 6.45) is 2.30. The van der Waals surface area contributed by atoms with E-state index in [1.807, 2.05) is 44.2 Å². The van der Waals surface area contributed by atoms with Crippen LogP contribution in [0.2, 0.25) is 0 Å². The maximum Gasteiger partial charge on any atom is 0.389 e. The van der Waals surface area contributed by atoms with Crippen LogP contribution in [0, 0.1) is 5.92 Å². The van der Waals surface area contributed by atoms with Crippen LogP contribution in [-0.4, -0.2) is 19.4 Å². The van der Waals surface area contributed by atoms with Gasteiger partial charge in [-0.05, 0) is 26.7 Å². The molecule has 0 amide bonds. The molecule has 1 atom stereocenters. The van der Waals surface area contributed by atoms with Gasteiger partial charge in [0.25, 0.3) is 0 Å². The van der Waals surface area contributed by atoms with E-state index in [1.54, 1.807) is 0 Å². The maximum absolute atomic E-state index is 13.0. The van der Waals surface area contributed by atoms with Gasteiger partial charge >= 0.3 is 6.18 Å². The fourth-order valence-electron chi connectivity index (χ4n) is 3.81. The molecule has 0 bridgehead atoms. The number of alkyl halides is 3. The second kappa shape index (κ2) is 13.2. The molecule has 2 nitrogen and oxygen atoms in total. The van der Waals surface area contributed by atoms with Crippen LogP contribution in [0.5, 0.6) is 0 Å². The first-order valence-electron chi connectivity index (χ1n) is 10.8. The van der Waals surface area contributed by atoms with Crippen molar-refractivity contribution in [3.05, 3.63) is 35.9 Å². The van der Waals surface area contributed by atoms with E-state index >= 15 is 0 Å². The van der Waals surface area contributed by atoms with Crippen LogP contribution < -0.4 is 0 Å². The molecule has 1 aromatic rings. The van der Waals surface area contributed by atoms with E-state index in [4.69, 9.17) is 9.47 Å². The van der Waals surface area contributed by atoms with Crippen LogP contribution >= 0.6 is 0 Å². The van der Waals surface area contributed by atoms with Crippen LogP contribution in [-0.2, 0) is 15.3 Å². The quantitative estimate of drug-likeness (QED) is 0.222. The second-order valence-electron chi connectivity index (χ2n) is 7.31. The van der Waals surface area contributed by atoms with E-state index in [-0.39, 0.29) is 12.3 Å². The topological polar surface area (TPSA) is 18.5 Å².